The van der Waals surface area contributed by atoms with E-state index in [-0.39, 0.29) is 24.6 Å². The first-order valence-electron chi connectivity index (χ1n) is 5.26. The molecular weight excluding hydrogens is 224 g/mol. The Balaban J connectivity index is 4.90. The minimum atomic E-state index is -0.765. The van der Waals surface area contributed by atoms with Crippen molar-refractivity contribution in [3.05, 3.63) is 23.8 Å². The van der Waals surface area contributed by atoms with Crippen LogP contribution in [-0.4, -0.2) is 30.9 Å². The smallest absolute Gasteiger partial charge is 0.345 e. The highest BCUT2D eigenvalue weighted by Gasteiger charge is 2.19. The van der Waals surface area contributed by atoms with Crippen molar-refractivity contribution in [2.24, 2.45) is 0 Å². The van der Waals surface area contributed by atoms with Gasteiger partial charge in [0, 0.05) is 0 Å². The summed E-state index contributed by atoms with van der Waals surface area (Å²) in [6.45, 7) is 4.94. The lowest BCUT2D eigenvalue weighted by Gasteiger charge is -2.05. The summed E-state index contributed by atoms with van der Waals surface area (Å²) < 4.78 is 9.40. The van der Waals surface area contributed by atoms with Crippen LogP contribution in [-0.2, 0) is 23.9 Å². The van der Waals surface area contributed by atoms with Crippen molar-refractivity contribution in [1.82, 2.24) is 0 Å². The molecule has 0 saturated heterocycles. The van der Waals surface area contributed by atoms with Crippen molar-refractivity contribution in [2.45, 2.75) is 20.8 Å². The van der Waals surface area contributed by atoms with Crippen LogP contribution in [0.15, 0.2) is 23.8 Å². The van der Waals surface area contributed by atoms with E-state index in [0.29, 0.717) is 0 Å². The number of esters is 2. The first-order chi connectivity index (χ1) is 8.02. The van der Waals surface area contributed by atoms with E-state index in [4.69, 9.17) is 9.47 Å². The maximum Gasteiger partial charge on any atom is 0.345 e. The number of ketones is 1. The lowest BCUT2D eigenvalue weighted by atomic mass is 10.2. The normalized spacial score (nSPS) is 9.82. The Morgan fingerprint density at radius 3 is 1.82 bits per heavy atom. The molecule has 0 aromatic rings. The van der Waals surface area contributed by atoms with Gasteiger partial charge in [-0.05, 0) is 32.9 Å². The second-order valence-electron chi connectivity index (χ2n) is 2.99. The van der Waals surface area contributed by atoms with E-state index in [1.54, 1.807) is 13.8 Å². The SMILES string of the molecule is CCOC(=O)C(=C/C=C/C(C)=O)C(=O)OCC. The number of carbonyl (C=O) groups is 3. The van der Waals surface area contributed by atoms with E-state index < -0.39 is 11.9 Å². The van der Waals surface area contributed by atoms with Crippen molar-refractivity contribution in [1.29, 1.82) is 0 Å². The molecule has 0 radical (unpaired) electrons. The van der Waals surface area contributed by atoms with E-state index in [0.717, 1.165) is 0 Å². The lowest BCUT2D eigenvalue weighted by Crippen LogP contribution is -2.18. The zero-order valence-electron chi connectivity index (χ0n) is 10.2. The molecule has 5 nitrogen and oxygen atoms in total. The van der Waals surface area contributed by atoms with E-state index in [2.05, 4.69) is 0 Å². The Morgan fingerprint density at radius 1 is 1.00 bits per heavy atom. The van der Waals surface area contributed by atoms with Crippen LogP contribution in [0.3, 0.4) is 0 Å². The van der Waals surface area contributed by atoms with E-state index in [1.165, 1.54) is 25.2 Å². The number of rotatable bonds is 6. The Morgan fingerprint density at radius 2 is 1.47 bits per heavy atom. The lowest BCUT2D eigenvalue weighted by molar-refractivity contribution is -0.146. The van der Waals surface area contributed by atoms with Gasteiger partial charge in [0.05, 0.1) is 13.2 Å². The summed E-state index contributed by atoms with van der Waals surface area (Å²) in [5.74, 6) is -1.72. The third-order valence-electron chi connectivity index (χ3n) is 1.58. The van der Waals surface area contributed by atoms with Gasteiger partial charge in [-0.1, -0.05) is 6.08 Å². The van der Waals surface area contributed by atoms with Crippen molar-refractivity contribution >= 4 is 17.7 Å². The summed E-state index contributed by atoms with van der Waals surface area (Å²) in [7, 11) is 0. The molecule has 17 heavy (non-hydrogen) atoms. The van der Waals surface area contributed by atoms with Crippen molar-refractivity contribution in [3.8, 4) is 0 Å². The first kappa shape index (κ1) is 15.1. The molecule has 0 unspecified atom stereocenters. The van der Waals surface area contributed by atoms with Gasteiger partial charge in [0.2, 0.25) is 0 Å². The monoisotopic (exact) mass is 240 g/mol. The third-order valence-corrected chi connectivity index (χ3v) is 1.58. The number of ether oxygens (including phenoxy) is 2. The molecule has 0 aromatic heterocycles. The summed E-state index contributed by atoms with van der Waals surface area (Å²) in [5, 5.41) is 0. The molecular formula is C12H16O5. The molecule has 0 amide bonds. The van der Waals surface area contributed by atoms with Gasteiger partial charge in [0.25, 0.3) is 0 Å². The zero-order valence-corrected chi connectivity index (χ0v) is 10.2. The Kier molecular flexibility index (Phi) is 7.34. The molecule has 0 aromatic carbocycles. The van der Waals surface area contributed by atoms with Crippen LogP contribution < -0.4 is 0 Å². The number of carbonyl (C=O) groups excluding carboxylic acids is 3. The van der Waals surface area contributed by atoms with Gasteiger partial charge in [-0.25, -0.2) is 9.59 Å². The molecule has 0 atom stereocenters. The second kappa shape index (κ2) is 8.27. The fourth-order valence-electron chi connectivity index (χ4n) is 0.917. The average Bonchev–Trinajstić information content (AvgIpc) is 2.24. The Hall–Kier alpha value is -1.91. The minimum absolute atomic E-state index is 0.159. The minimum Gasteiger partial charge on any atom is -0.462 e. The van der Waals surface area contributed by atoms with Gasteiger partial charge < -0.3 is 9.47 Å². The van der Waals surface area contributed by atoms with E-state index in [9.17, 15) is 14.4 Å². The van der Waals surface area contributed by atoms with Crippen LogP contribution in [0.5, 0.6) is 0 Å². The van der Waals surface area contributed by atoms with Crippen LogP contribution in [0.25, 0.3) is 0 Å². The maximum atomic E-state index is 11.4. The van der Waals surface area contributed by atoms with Gasteiger partial charge in [-0.15, -0.1) is 0 Å². The summed E-state index contributed by atoms with van der Waals surface area (Å²) in [6.07, 6.45) is 3.75. The predicted octanol–water partition coefficient (Wildman–Crippen LogP) is 1.18. The number of hydrogen-bond donors (Lipinski definition) is 0. The fourth-order valence-corrected chi connectivity index (χ4v) is 0.917. The summed E-state index contributed by atoms with van der Waals surface area (Å²) in [4.78, 5) is 33.5. The number of hydrogen-bond acceptors (Lipinski definition) is 5. The van der Waals surface area contributed by atoms with Crippen molar-refractivity contribution in [2.75, 3.05) is 13.2 Å². The quantitative estimate of drug-likeness (QED) is 0.229. The number of allylic oxidation sites excluding steroid dienone is 3. The molecule has 5 heteroatoms. The van der Waals surface area contributed by atoms with Gasteiger partial charge in [-0.2, -0.15) is 0 Å². The Labute approximate surface area is 100 Å². The molecule has 0 rings (SSSR count). The molecule has 0 N–H and O–H groups in total. The molecule has 0 spiro atoms. The summed E-state index contributed by atoms with van der Waals surface area (Å²) in [5.41, 5.74) is -0.230. The van der Waals surface area contributed by atoms with Crippen LogP contribution in [0.4, 0.5) is 0 Å². The van der Waals surface area contributed by atoms with E-state index >= 15 is 0 Å². The largest absolute Gasteiger partial charge is 0.462 e. The molecule has 0 bridgehead atoms. The van der Waals surface area contributed by atoms with E-state index in [1.807, 2.05) is 0 Å². The van der Waals surface area contributed by atoms with Crippen molar-refractivity contribution in [3.63, 3.8) is 0 Å². The molecule has 0 aliphatic rings. The van der Waals surface area contributed by atoms with Gasteiger partial charge in [0.1, 0.15) is 5.57 Å². The fraction of sp³-hybridized carbons (Fsp3) is 0.417. The Bertz CT molecular complexity index is 332. The van der Waals surface area contributed by atoms with Crippen molar-refractivity contribution < 1.29 is 23.9 Å². The highest BCUT2D eigenvalue weighted by Crippen LogP contribution is 2.03. The predicted molar refractivity (Wildman–Crippen MR) is 61.2 cm³/mol. The highest BCUT2D eigenvalue weighted by molar-refractivity contribution is 6.14. The maximum absolute atomic E-state index is 11.4. The van der Waals surface area contributed by atoms with Crippen LogP contribution in [0.2, 0.25) is 0 Å². The van der Waals surface area contributed by atoms with Gasteiger partial charge >= 0.3 is 11.9 Å². The molecule has 0 fully saturated rings. The highest BCUT2D eigenvalue weighted by atomic mass is 16.6. The van der Waals surface area contributed by atoms with Crippen LogP contribution in [0, 0.1) is 0 Å². The molecule has 94 valence electrons. The van der Waals surface area contributed by atoms with Gasteiger partial charge in [0.15, 0.2) is 5.78 Å². The van der Waals surface area contributed by atoms with Gasteiger partial charge in [-0.3, -0.25) is 4.79 Å². The summed E-state index contributed by atoms with van der Waals surface area (Å²) >= 11 is 0. The second-order valence-corrected chi connectivity index (χ2v) is 2.99. The topological polar surface area (TPSA) is 69.7 Å². The summed E-state index contributed by atoms with van der Waals surface area (Å²) in [6, 6.07) is 0. The third kappa shape index (κ3) is 6.29. The molecule has 0 saturated carbocycles. The first-order valence-corrected chi connectivity index (χ1v) is 5.26. The average molecular weight is 240 g/mol. The zero-order chi connectivity index (χ0) is 13.3. The standard InChI is InChI=1S/C12H16O5/c1-4-16-11(14)10(12(15)17-5-2)8-6-7-9(3)13/h6-8H,4-5H2,1-3H3/b7-6+. The molecule has 0 heterocycles. The van der Waals surface area contributed by atoms with Crippen LogP contribution in [0.1, 0.15) is 20.8 Å². The molecule has 0 aliphatic heterocycles. The van der Waals surface area contributed by atoms with Crippen LogP contribution >= 0.6 is 0 Å². The molecule has 0 aliphatic carbocycles.